The molecule has 1 aliphatic carbocycles. The average molecular weight is 181 g/mol. The Balaban J connectivity index is 0.000000157. The van der Waals surface area contributed by atoms with E-state index in [1.807, 2.05) is 0 Å². The van der Waals surface area contributed by atoms with E-state index in [2.05, 4.69) is 42.6 Å². The Labute approximate surface area is 77.2 Å². The molecule has 0 spiro atoms. The molecule has 0 unspecified atom stereocenters. The third-order valence-electron chi connectivity index (χ3n) is 1.78. The molecule has 2 N–H and O–H groups in total. The third-order valence-corrected chi connectivity index (χ3v) is 1.78. The van der Waals surface area contributed by atoms with Crippen LogP contribution in [0.15, 0.2) is 24.3 Å². The van der Waals surface area contributed by atoms with Crippen LogP contribution < -0.4 is 5.73 Å². The Morgan fingerprint density at radius 3 is 1.75 bits per heavy atom. The molecule has 3 heteroatoms. The van der Waals surface area contributed by atoms with Crippen LogP contribution >= 0.6 is 12.6 Å². The van der Waals surface area contributed by atoms with Crippen molar-refractivity contribution in [1.29, 1.82) is 0 Å². The van der Waals surface area contributed by atoms with Crippen LogP contribution in [0.4, 0.5) is 4.79 Å². The van der Waals surface area contributed by atoms with E-state index in [4.69, 9.17) is 4.79 Å². The van der Waals surface area contributed by atoms with Crippen LogP contribution in [-0.2, 0) is 12.8 Å². The third kappa shape index (κ3) is 2.58. The molecule has 0 heterocycles. The standard InChI is InChI=1S/C8H8.CH3NOS/c1-2-4-8-6-5-7(8)3-1;2-1(3)4/h1-4H,5-6H2;(H3,2,3,4). The van der Waals surface area contributed by atoms with E-state index in [0.717, 1.165) is 0 Å². The largest absolute Gasteiger partial charge is 0.361 e. The zero-order valence-electron chi connectivity index (χ0n) is 6.66. The number of aryl methyl sites for hydroxylation is 2. The summed E-state index contributed by atoms with van der Waals surface area (Å²) in [5, 5.41) is -0.639. The Morgan fingerprint density at radius 2 is 1.58 bits per heavy atom. The topological polar surface area (TPSA) is 43.1 Å². The highest BCUT2D eigenvalue weighted by Gasteiger charge is 2.09. The molecule has 64 valence electrons. The van der Waals surface area contributed by atoms with Crippen molar-refractivity contribution < 1.29 is 4.79 Å². The zero-order chi connectivity index (χ0) is 8.97. The van der Waals surface area contributed by atoms with Crippen molar-refractivity contribution in [2.24, 2.45) is 5.73 Å². The molecule has 0 radical (unpaired) electrons. The molecule has 2 nitrogen and oxygen atoms in total. The van der Waals surface area contributed by atoms with Crippen molar-refractivity contribution in [2.45, 2.75) is 12.8 Å². The first-order chi connectivity index (χ1) is 5.70. The fourth-order valence-corrected chi connectivity index (χ4v) is 1.14. The summed E-state index contributed by atoms with van der Waals surface area (Å²) in [6, 6.07) is 8.63. The molecule has 0 aliphatic heterocycles. The number of hydrogen-bond donors (Lipinski definition) is 2. The lowest BCUT2D eigenvalue weighted by molar-refractivity contribution is 0.267. The van der Waals surface area contributed by atoms with Crippen molar-refractivity contribution in [3.63, 3.8) is 0 Å². The molecule has 2 rings (SSSR count). The van der Waals surface area contributed by atoms with Gasteiger partial charge in [-0.25, -0.2) is 0 Å². The number of amides is 1. The van der Waals surface area contributed by atoms with Crippen LogP contribution in [-0.4, -0.2) is 5.24 Å². The minimum atomic E-state index is -0.639. The quantitative estimate of drug-likeness (QED) is 0.589. The molecule has 0 aromatic heterocycles. The predicted molar refractivity (Wildman–Crippen MR) is 52.4 cm³/mol. The maximum Gasteiger partial charge on any atom is 0.273 e. The maximum absolute atomic E-state index is 9.09. The van der Waals surface area contributed by atoms with Crippen molar-refractivity contribution in [3.05, 3.63) is 35.4 Å². The minimum absolute atomic E-state index is 0.639. The SMILES string of the molecule is NC(=O)S.c1ccc2c(c1)CC2. The summed E-state index contributed by atoms with van der Waals surface area (Å²) in [6.45, 7) is 0. The fourth-order valence-electron chi connectivity index (χ4n) is 1.14. The second-order valence-corrected chi connectivity index (χ2v) is 3.05. The summed E-state index contributed by atoms with van der Waals surface area (Å²) < 4.78 is 0. The molecule has 1 amide bonds. The van der Waals surface area contributed by atoms with Gasteiger partial charge in [0.1, 0.15) is 0 Å². The van der Waals surface area contributed by atoms with Gasteiger partial charge in [0.2, 0.25) is 0 Å². The molecule has 1 aliphatic rings. The normalized spacial score (nSPS) is 11.8. The highest BCUT2D eigenvalue weighted by atomic mass is 32.1. The van der Waals surface area contributed by atoms with E-state index in [0.29, 0.717) is 0 Å². The van der Waals surface area contributed by atoms with Gasteiger partial charge in [-0.2, -0.15) is 0 Å². The first kappa shape index (κ1) is 9.13. The fraction of sp³-hybridized carbons (Fsp3) is 0.222. The second kappa shape index (κ2) is 4.16. The molecule has 0 fully saturated rings. The second-order valence-electron chi connectivity index (χ2n) is 2.61. The van der Waals surface area contributed by atoms with Crippen LogP contribution in [0.1, 0.15) is 11.1 Å². The summed E-state index contributed by atoms with van der Waals surface area (Å²) in [6.07, 6.45) is 2.60. The number of benzene rings is 1. The summed E-state index contributed by atoms with van der Waals surface area (Å²) in [5.41, 5.74) is 7.43. The first-order valence-electron chi connectivity index (χ1n) is 3.75. The Bertz CT molecular complexity index is 259. The van der Waals surface area contributed by atoms with Gasteiger partial charge in [-0.05, 0) is 24.0 Å². The van der Waals surface area contributed by atoms with Gasteiger partial charge < -0.3 is 5.73 Å². The highest BCUT2D eigenvalue weighted by molar-refractivity contribution is 7.96. The number of thiol groups is 1. The number of rotatable bonds is 0. The van der Waals surface area contributed by atoms with Crippen LogP contribution in [0.25, 0.3) is 0 Å². The molecule has 0 saturated heterocycles. The van der Waals surface area contributed by atoms with Gasteiger partial charge in [-0.1, -0.05) is 36.9 Å². The molecular weight excluding hydrogens is 170 g/mol. The molecule has 12 heavy (non-hydrogen) atoms. The summed E-state index contributed by atoms with van der Waals surface area (Å²) in [7, 11) is 0. The van der Waals surface area contributed by atoms with Crippen molar-refractivity contribution in [2.75, 3.05) is 0 Å². The van der Waals surface area contributed by atoms with Crippen LogP contribution in [0.5, 0.6) is 0 Å². The smallest absolute Gasteiger partial charge is 0.273 e. The van der Waals surface area contributed by atoms with Gasteiger partial charge in [0.25, 0.3) is 5.24 Å². The predicted octanol–water partition coefficient (Wildman–Crippen LogP) is 1.78. The number of carbonyl (C=O) groups excluding carboxylic acids is 1. The van der Waals surface area contributed by atoms with Gasteiger partial charge >= 0.3 is 0 Å². The number of fused-ring (bicyclic) bond motifs is 1. The van der Waals surface area contributed by atoms with E-state index >= 15 is 0 Å². The maximum atomic E-state index is 9.09. The lowest BCUT2D eigenvalue weighted by Crippen LogP contribution is -2.06. The minimum Gasteiger partial charge on any atom is -0.361 e. The molecule has 0 saturated carbocycles. The molecule has 1 aromatic rings. The summed E-state index contributed by atoms with van der Waals surface area (Å²) >= 11 is 3.10. The van der Waals surface area contributed by atoms with Gasteiger partial charge in [0.15, 0.2) is 0 Å². The Kier molecular flexibility index (Phi) is 3.17. The van der Waals surface area contributed by atoms with Crippen LogP contribution in [0.2, 0.25) is 0 Å². The van der Waals surface area contributed by atoms with Gasteiger partial charge in [0.05, 0.1) is 0 Å². The van der Waals surface area contributed by atoms with E-state index in [1.54, 1.807) is 11.1 Å². The lowest BCUT2D eigenvalue weighted by atomic mass is 9.89. The van der Waals surface area contributed by atoms with E-state index in [1.165, 1.54) is 12.8 Å². The number of nitrogens with two attached hydrogens (primary N) is 1. The average Bonchev–Trinajstić information content (AvgIpc) is 1.90. The Hall–Kier alpha value is -0.960. The first-order valence-corrected chi connectivity index (χ1v) is 4.20. The van der Waals surface area contributed by atoms with Crippen molar-refractivity contribution in [3.8, 4) is 0 Å². The van der Waals surface area contributed by atoms with E-state index in [-0.39, 0.29) is 0 Å². The number of carbonyl (C=O) groups is 1. The van der Waals surface area contributed by atoms with Crippen LogP contribution in [0, 0.1) is 0 Å². The molecule has 1 aromatic carbocycles. The van der Waals surface area contributed by atoms with Crippen molar-refractivity contribution in [1.82, 2.24) is 0 Å². The zero-order valence-corrected chi connectivity index (χ0v) is 7.55. The number of primary amides is 1. The van der Waals surface area contributed by atoms with Gasteiger partial charge in [-0.15, -0.1) is 0 Å². The molecule has 0 atom stereocenters. The lowest BCUT2D eigenvalue weighted by Gasteiger charge is -2.16. The summed E-state index contributed by atoms with van der Waals surface area (Å²) in [5.74, 6) is 0. The Morgan fingerprint density at radius 1 is 1.25 bits per heavy atom. The van der Waals surface area contributed by atoms with Gasteiger partial charge in [-0.3, -0.25) is 4.79 Å². The molecule has 0 bridgehead atoms. The highest BCUT2D eigenvalue weighted by Crippen LogP contribution is 2.20. The van der Waals surface area contributed by atoms with Crippen molar-refractivity contribution >= 4 is 17.9 Å². The monoisotopic (exact) mass is 181 g/mol. The number of hydrogen-bond acceptors (Lipinski definition) is 1. The van der Waals surface area contributed by atoms with E-state index < -0.39 is 5.24 Å². The van der Waals surface area contributed by atoms with E-state index in [9.17, 15) is 0 Å². The van der Waals surface area contributed by atoms with Gasteiger partial charge in [0, 0.05) is 0 Å². The molecular formula is C9H11NOS. The summed E-state index contributed by atoms with van der Waals surface area (Å²) in [4.78, 5) is 9.09. The van der Waals surface area contributed by atoms with Crippen LogP contribution in [0.3, 0.4) is 0 Å².